The van der Waals surface area contributed by atoms with Crippen molar-refractivity contribution in [1.29, 1.82) is 0 Å². The van der Waals surface area contributed by atoms with Gasteiger partial charge in [0.2, 0.25) is 0 Å². The summed E-state index contributed by atoms with van der Waals surface area (Å²) < 4.78 is 2.14. The average Bonchev–Trinajstić information content (AvgIpc) is 1.33. The number of aryl methyl sites for hydroxylation is 3. The molecule has 3 aliphatic carbocycles. The highest BCUT2D eigenvalue weighted by Gasteiger charge is 2.32. The second kappa shape index (κ2) is 53.4. The summed E-state index contributed by atoms with van der Waals surface area (Å²) in [6, 6.07) is 53.5. The number of fused-ring (bicyclic) bond motifs is 2. The molecular formula is C127H189ClN6O2S3. The molecule has 0 bridgehead atoms. The molecule has 0 saturated carbocycles. The van der Waals surface area contributed by atoms with Crippen molar-refractivity contribution < 1.29 is 26.6 Å². The standard InChI is InChI=1S/C33H46N3.C30H39N3.C14H8O2.C14H24S.2C8H12S.4C5H12.ClH/c1-32(2,3)23-35(9)29-19-13-26(14-20-29)31(25-11-17-28(18-12-25)34(7)8)27-15-21-30(22-16-27)36(10)24-33(4,5)6;1-21-18-24(12-17-27(21)31)28(22-8-13-25(14-9-22)32-19-29(2,3)4)23-10-15-26(16-11-23)33-20-30(5,6)7;15-13-9-5-1-2-6-10(9)14(16)12-8-4-3-7-11(12)13;1-9-11(13(3,4)5)12(10(2)15-9)14(6,7)8;1-8(2,3)7-4-5-9-6-7;1-8(2,3)7-5-4-6-9-7;4*1-5(2,3)4;/h11-22H,23-24H2,1-10H3;8-18,32H,19-20,31H2,1-7H3;1-8H;1-8H3;2*4-6H,1-3H3;4*1-4H3;1H/q+1;;;;;;;;;;/p-1. The quantitative estimate of drug-likeness (QED) is 0.0990. The van der Waals surface area contributed by atoms with E-state index < -0.39 is 0 Å². The molecule has 6 aromatic carbocycles. The largest absolute Gasteiger partial charge is 1.00 e. The minimum Gasteiger partial charge on any atom is -1.00 e. The van der Waals surface area contributed by atoms with Gasteiger partial charge >= 0.3 is 0 Å². The van der Waals surface area contributed by atoms with Gasteiger partial charge in [0, 0.05) is 112 Å². The van der Waals surface area contributed by atoms with Gasteiger partial charge in [-0.05, 0) is 254 Å². The minimum atomic E-state index is -0.0641. The van der Waals surface area contributed by atoms with Gasteiger partial charge in [0.15, 0.2) is 17.3 Å². The Morgan fingerprint density at radius 1 is 0.388 bits per heavy atom. The number of benzene rings is 6. The number of hydrogen-bond acceptors (Lipinski definition) is 10. The fraction of sp³-hybridized carbons (Fsp3) is 0.496. The number of aliphatic imine (C=N–C) groups is 1. The molecule has 3 aromatic heterocycles. The molecule has 0 spiro atoms. The third-order valence-electron chi connectivity index (χ3n) is 20.0. The molecule has 764 valence electrons. The zero-order valence-electron chi connectivity index (χ0n) is 96.0. The second-order valence-electron chi connectivity index (χ2n) is 52.8. The summed E-state index contributed by atoms with van der Waals surface area (Å²) in [5.41, 5.74) is 34.2. The van der Waals surface area contributed by atoms with Crippen molar-refractivity contribution in [3.8, 4) is 0 Å². The molecule has 0 saturated heterocycles. The molecule has 3 heterocycles. The van der Waals surface area contributed by atoms with E-state index in [2.05, 4.69) is 513 Å². The van der Waals surface area contributed by atoms with Crippen molar-refractivity contribution in [1.82, 2.24) is 0 Å². The summed E-state index contributed by atoms with van der Waals surface area (Å²) in [6.07, 6.45) is 17.5. The van der Waals surface area contributed by atoms with E-state index in [4.69, 9.17) is 10.7 Å². The highest BCUT2D eigenvalue weighted by Crippen LogP contribution is 2.43. The summed E-state index contributed by atoms with van der Waals surface area (Å²) in [4.78, 5) is 38.1. The van der Waals surface area contributed by atoms with Crippen LogP contribution in [0.3, 0.4) is 0 Å². The van der Waals surface area contributed by atoms with Gasteiger partial charge in [0.05, 0.1) is 5.71 Å². The Bertz CT molecular complexity index is 5180. The summed E-state index contributed by atoms with van der Waals surface area (Å²) in [7, 11) is 8.52. The van der Waals surface area contributed by atoms with Crippen LogP contribution in [0, 0.1) is 64.1 Å². The maximum absolute atomic E-state index is 12.1. The van der Waals surface area contributed by atoms with Crippen molar-refractivity contribution in [2.75, 3.05) is 75.2 Å². The van der Waals surface area contributed by atoms with Crippen molar-refractivity contribution in [3.05, 3.63) is 315 Å². The van der Waals surface area contributed by atoms with E-state index in [-0.39, 0.29) is 56.5 Å². The fourth-order valence-corrected chi connectivity index (χ4v) is 17.4. The van der Waals surface area contributed by atoms with Gasteiger partial charge in [0.25, 0.3) is 0 Å². The summed E-state index contributed by atoms with van der Waals surface area (Å²) in [5.74, 6) is -0.128. The highest BCUT2D eigenvalue weighted by atomic mass is 35.5. The Morgan fingerprint density at radius 3 is 1.01 bits per heavy atom. The number of nitrogens with zero attached hydrogens (tertiary/aromatic N) is 4. The number of anilines is 4. The first kappa shape index (κ1) is 126. The predicted molar refractivity (Wildman–Crippen MR) is 623 cm³/mol. The number of halogens is 1. The molecule has 12 heteroatoms. The first-order valence-electron chi connectivity index (χ1n) is 49.8. The van der Waals surface area contributed by atoms with Crippen LogP contribution < -0.4 is 33.3 Å². The van der Waals surface area contributed by atoms with Crippen LogP contribution in [-0.2, 0) is 21.7 Å². The lowest BCUT2D eigenvalue weighted by Crippen LogP contribution is -3.00. The first-order chi connectivity index (χ1) is 62.7. The smallest absolute Gasteiger partial charge is 0.199 e. The number of nitrogens with one attached hydrogen (secondary N) is 1. The van der Waals surface area contributed by atoms with Crippen LogP contribution in [0.4, 0.5) is 22.7 Å². The zero-order chi connectivity index (χ0) is 106. The molecule has 0 aliphatic heterocycles. The lowest BCUT2D eigenvalue weighted by molar-refractivity contribution is -0.462. The number of nitrogen functional groups attached to an aromatic ring is 1. The van der Waals surface area contributed by atoms with Crippen molar-refractivity contribution in [2.24, 2.45) is 48.3 Å². The van der Waals surface area contributed by atoms with Crippen LogP contribution >= 0.6 is 34.0 Å². The maximum Gasteiger partial charge on any atom is 0.199 e. The summed E-state index contributed by atoms with van der Waals surface area (Å²) >= 11 is 5.55. The lowest BCUT2D eigenvalue weighted by Gasteiger charge is -2.29. The molecular weight excluding hydrogens is 1770 g/mol. The lowest BCUT2D eigenvalue weighted by atomic mass is 9.75. The molecule has 3 N–H and O–H groups in total. The molecule has 8 nitrogen and oxygen atoms in total. The van der Waals surface area contributed by atoms with Gasteiger partial charge in [0.1, 0.15) is 14.1 Å². The van der Waals surface area contributed by atoms with Gasteiger partial charge in [-0.25, -0.2) is 4.58 Å². The monoisotopic (exact) mass is 1960 g/mol. The molecule has 139 heavy (non-hydrogen) atoms. The Balaban J connectivity index is 0.000000571. The van der Waals surface area contributed by atoms with E-state index in [0.29, 0.717) is 54.7 Å². The van der Waals surface area contributed by atoms with E-state index in [1.165, 1.54) is 76.3 Å². The number of rotatable bonds is 11. The number of carbonyl (C=O) groups excluding carboxylic acids is 2. The zero-order valence-corrected chi connectivity index (χ0v) is 99.2. The van der Waals surface area contributed by atoms with E-state index in [1.54, 1.807) is 71.0 Å². The molecule has 0 radical (unpaired) electrons. The van der Waals surface area contributed by atoms with Gasteiger partial charge in [-0.15, -0.1) is 22.7 Å². The molecule has 12 rings (SSSR count). The maximum atomic E-state index is 12.1. The van der Waals surface area contributed by atoms with Gasteiger partial charge in [-0.1, -0.05) is 386 Å². The Kier molecular flexibility index (Phi) is 48.4. The Hall–Kier alpha value is -8.97. The third kappa shape index (κ3) is 50.0. The van der Waals surface area contributed by atoms with Crippen molar-refractivity contribution in [2.45, 2.75) is 319 Å². The van der Waals surface area contributed by atoms with Gasteiger partial charge < -0.3 is 33.3 Å². The number of allylic oxidation sites excluding steroid dienone is 10. The predicted octanol–water partition coefficient (Wildman–Crippen LogP) is 33.5. The molecule has 0 amide bonds. The number of ketones is 2. The topological polar surface area (TPSA) is 94.0 Å². The average molecular weight is 1960 g/mol. The van der Waals surface area contributed by atoms with E-state index in [1.807, 2.05) is 28.7 Å². The van der Waals surface area contributed by atoms with Crippen LogP contribution in [0.1, 0.15) is 368 Å². The number of nitrogens with two attached hydrogens (primary N) is 1. The molecule has 0 atom stereocenters. The van der Waals surface area contributed by atoms with Crippen molar-refractivity contribution in [3.63, 3.8) is 0 Å². The fourth-order valence-electron chi connectivity index (χ4n) is 14.2. The summed E-state index contributed by atoms with van der Waals surface area (Å²) in [5, 5.41) is 10.0. The van der Waals surface area contributed by atoms with Gasteiger partial charge in [-0.2, -0.15) is 11.3 Å². The second-order valence-corrected chi connectivity index (χ2v) is 56.0. The van der Waals surface area contributed by atoms with E-state index in [9.17, 15) is 9.59 Å². The normalized spacial score (nSPS) is 13.1. The Morgan fingerprint density at radius 2 is 0.734 bits per heavy atom. The summed E-state index contributed by atoms with van der Waals surface area (Å²) in [6.45, 7) is 99.7. The molecule has 0 unspecified atom stereocenters. The van der Waals surface area contributed by atoms with Crippen LogP contribution in [0.2, 0.25) is 0 Å². The van der Waals surface area contributed by atoms with Crippen molar-refractivity contribution >= 4 is 90.9 Å². The number of carbonyl (C=O) groups is 2. The SMILES string of the molecule is CC(C)(C)C.CC(C)(C)C.CC(C)(C)C.CC(C)(C)C.CC(C)(C)c1cccs1.CC(C)(C)c1ccsc1.CN(CC(C)(C)C)c1ccc(C(=C2C=CC(=[N+](C)C)C=C2)c2ccc(N(C)CC(C)(C)C)cc2)cc1.Cc1cc(C(=C2C=CC(=NCC(C)(C)C)C=C2)c2ccc(NCC(C)(C)C)cc2)ccc1N.Cc1sc(C)c(C(C)(C)C)c1C(C)(C)C.O=C1c2ccccc2C(=O)c2ccccc21.[Cl-]. The van der Waals surface area contributed by atoms with E-state index in [0.717, 1.165) is 54.4 Å². The first-order valence-corrected chi connectivity index (χ1v) is 52.4. The van der Waals surface area contributed by atoms with Crippen LogP contribution in [0.5, 0.6) is 0 Å². The molecule has 9 aromatic rings. The third-order valence-corrected chi connectivity index (χ3v) is 23.0. The van der Waals surface area contributed by atoms with Crippen LogP contribution in [-0.4, -0.2) is 81.9 Å². The number of thiophene rings is 3. The van der Waals surface area contributed by atoms with E-state index >= 15 is 0 Å². The van der Waals surface area contributed by atoms with Gasteiger partial charge in [-0.3, -0.25) is 14.6 Å². The highest BCUT2D eigenvalue weighted by molar-refractivity contribution is 7.12. The van der Waals surface area contributed by atoms with Crippen LogP contribution in [0.15, 0.2) is 239 Å². The Labute approximate surface area is 868 Å². The minimum absolute atomic E-state index is 0. The molecule has 3 aliphatic rings. The van der Waals surface area contributed by atoms with Crippen LogP contribution in [0.25, 0.3) is 11.1 Å². The molecule has 0 fully saturated rings. The number of hydrogen-bond donors (Lipinski definition) is 2.